The van der Waals surface area contributed by atoms with Crippen molar-refractivity contribution in [2.24, 2.45) is 4.99 Å². The van der Waals surface area contributed by atoms with Gasteiger partial charge in [0.2, 0.25) is 5.91 Å². The zero-order valence-corrected chi connectivity index (χ0v) is 11.1. The third kappa shape index (κ3) is 2.55. The summed E-state index contributed by atoms with van der Waals surface area (Å²) in [7, 11) is -2.95. The Morgan fingerprint density at radius 3 is 2.94 bits per heavy atom. The molecule has 2 atom stereocenters. The van der Waals surface area contributed by atoms with E-state index in [9.17, 15) is 13.2 Å². The van der Waals surface area contributed by atoms with Crippen LogP contribution in [0.4, 0.5) is 0 Å². The highest BCUT2D eigenvalue weighted by Gasteiger charge is 2.48. The zero-order chi connectivity index (χ0) is 12.6. The third-order valence-electron chi connectivity index (χ3n) is 2.75. The molecule has 0 aliphatic carbocycles. The normalized spacial score (nSPS) is 32.8. The van der Waals surface area contributed by atoms with E-state index in [0.717, 1.165) is 0 Å². The Balaban J connectivity index is 2.27. The lowest BCUT2D eigenvalue weighted by atomic mass is 10.2. The van der Waals surface area contributed by atoms with Crippen molar-refractivity contribution in [1.29, 1.82) is 0 Å². The lowest BCUT2D eigenvalue weighted by Crippen LogP contribution is -2.37. The molecular formula is C10H14N2O3S2. The van der Waals surface area contributed by atoms with Crippen molar-refractivity contribution < 1.29 is 13.2 Å². The fourth-order valence-corrected chi connectivity index (χ4v) is 6.13. The molecule has 2 unspecified atom stereocenters. The van der Waals surface area contributed by atoms with Crippen LogP contribution < -0.4 is 0 Å². The summed E-state index contributed by atoms with van der Waals surface area (Å²) >= 11 is 1.39. The first-order valence-electron chi connectivity index (χ1n) is 5.27. The van der Waals surface area contributed by atoms with Crippen LogP contribution in [0.1, 0.15) is 6.92 Å². The van der Waals surface area contributed by atoms with Crippen LogP contribution in [-0.4, -0.2) is 53.7 Å². The molecule has 0 aromatic rings. The van der Waals surface area contributed by atoms with Crippen molar-refractivity contribution >= 4 is 32.7 Å². The van der Waals surface area contributed by atoms with Crippen LogP contribution in [0, 0.1) is 0 Å². The molecule has 5 nitrogen and oxygen atoms in total. The van der Waals surface area contributed by atoms with Gasteiger partial charge in [-0.05, 0) is 0 Å². The number of carbonyl (C=O) groups excluding carboxylic acids is 1. The van der Waals surface area contributed by atoms with Gasteiger partial charge < -0.3 is 4.90 Å². The Labute approximate surface area is 105 Å². The Hall–Kier alpha value is -0.820. The van der Waals surface area contributed by atoms with Gasteiger partial charge >= 0.3 is 0 Å². The van der Waals surface area contributed by atoms with Crippen LogP contribution in [-0.2, 0) is 14.6 Å². The molecule has 0 aromatic heterocycles. The second kappa shape index (κ2) is 4.45. The average Bonchev–Trinajstić information content (AvgIpc) is 2.61. The number of sulfone groups is 1. The van der Waals surface area contributed by atoms with Crippen LogP contribution in [0.15, 0.2) is 17.6 Å². The van der Waals surface area contributed by atoms with E-state index >= 15 is 0 Å². The minimum Gasteiger partial charge on any atom is -0.342 e. The van der Waals surface area contributed by atoms with Crippen molar-refractivity contribution in [3.8, 4) is 0 Å². The summed E-state index contributed by atoms with van der Waals surface area (Å²) in [6.07, 6.45) is 1.70. The standard InChI is InChI=1S/C10H14N2O3S2/c1-3-4-12-8-5-17(14,15)6-9(8)16-10(12)11-7(2)13/h3,8-9H,1,4-6H2,2H3. The molecule has 17 heavy (non-hydrogen) atoms. The predicted octanol–water partition coefficient (Wildman–Crippen LogP) is 0.289. The molecule has 2 saturated heterocycles. The van der Waals surface area contributed by atoms with Crippen LogP contribution >= 0.6 is 11.8 Å². The van der Waals surface area contributed by atoms with Gasteiger partial charge in [-0.3, -0.25) is 4.79 Å². The maximum Gasteiger partial charge on any atom is 0.244 e. The molecule has 0 saturated carbocycles. The number of amidine groups is 1. The van der Waals surface area contributed by atoms with E-state index in [1.807, 2.05) is 4.90 Å². The summed E-state index contributed by atoms with van der Waals surface area (Å²) in [5.74, 6) is 0.0619. The number of amides is 1. The Morgan fingerprint density at radius 1 is 1.65 bits per heavy atom. The zero-order valence-electron chi connectivity index (χ0n) is 9.50. The molecule has 0 radical (unpaired) electrons. The van der Waals surface area contributed by atoms with Gasteiger partial charge in [-0.2, -0.15) is 4.99 Å². The number of fused-ring (bicyclic) bond motifs is 1. The van der Waals surface area contributed by atoms with E-state index in [1.165, 1.54) is 18.7 Å². The largest absolute Gasteiger partial charge is 0.342 e. The number of hydrogen-bond donors (Lipinski definition) is 0. The molecule has 0 N–H and O–H groups in total. The quantitative estimate of drug-likeness (QED) is 0.677. The van der Waals surface area contributed by atoms with Crippen LogP contribution in [0.2, 0.25) is 0 Å². The molecule has 2 aliphatic heterocycles. The molecule has 0 spiro atoms. The molecule has 2 heterocycles. The van der Waals surface area contributed by atoms with Crippen LogP contribution in [0.25, 0.3) is 0 Å². The Morgan fingerprint density at radius 2 is 2.35 bits per heavy atom. The highest BCUT2D eigenvalue weighted by atomic mass is 32.2. The van der Waals surface area contributed by atoms with Gasteiger partial charge in [0.15, 0.2) is 15.0 Å². The van der Waals surface area contributed by atoms with Crippen molar-refractivity contribution in [2.45, 2.75) is 18.2 Å². The maximum absolute atomic E-state index is 11.6. The summed E-state index contributed by atoms with van der Waals surface area (Å²) in [4.78, 5) is 16.8. The number of nitrogens with zero attached hydrogens (tertiary/aromatic N) is 2. The van der Waals surface area contributed by atoms with Gasteiger partial charge in [-0.25, -0.2) is 8.42 Å². The van der Waals surface area contributed by atoms with E-state index in [-0.39, 0.29) is 28.7 Å². The molecule has 2 aliphatic rings. The summed E-state index contributed by atoms with van der Waals surface area (Å²) in [6, 6.07) is -0.0684. The summed E-state index contributed by atoms with van der Waals surface area (Å²) in [5.41, 5.74) is 0. The Kier molecular flexibility index (Phi) is 3.31. The van der Waals surface area contributed by atoms with Crippen LogP contribution in [0.5, 0.6) is 0 Å². The number of thioether (sulfide) groups is 1. The first kappa shape index (κ1) is 12.6. The van der Waals surface area contributed by atoms with Crippen molar-refractivity contribution in [3.63, 3.8) is 0 Å². The maximum atomic E-state index is 11.6. The van der Waals surface area contributed by atoms with E-state index in [2.05, 4.69) is 11.6 Å². The molecule has 2 fully saturated rings. The smallest absolute Gasteiger partial charge is 0.244 e. The van der Waals surface area contributed by atoms with Gasteiger partial charge in [-0.1, -0.05) is 17.8 Å². The summed E-state index contributed by atoms with van der Waals surface area (Å²) < 4.78 is 23.1. The lowest BCUT2D eigenvalue weighted by Gasteiger charge is -2.22. The van der Waals surface area contributed by atoms with Gasteiger partial charge in [0.25, 0.3) is 0 Å². The highest BCUT2D eigenvalue weighted by molar-refractivity contribution is 8.15. The number of rotatable bonds is 2. The van der Waals surface area contributed by atoms with E-state index < -0.39 is 9.84 Å². The van der Waals surface area contributed by atoms with E-state index in [1.54, 1.807) is 6.08 Å². The number of aliphatic imine (C=N–C) groups is 1. The summed E-state index contributed by atoms with van der Waals surface area (Å²) in [5, 5.41) is 0.625. The van der Waals surface area contributed by atoms with Crippen molar-refractivity contribution in [2.75, 3.05) is 18.1 Å². The highest BCUT2D eigenvalue weighted by Crippen LogP contribution is 2.37. The van der Waals surface area contributed by atoms with Crippen molar-refractivity contribution in [1.82, 2.24) is 4.90 Å². The fourth-order valence-electron chi connectivity index (χ4n) is 2.12. The van der Waals surface area contributed by atoms with Crippen LogP contribution in [0.3, 0.4) is 0 Å². The average molecular weight is 274 g/mol. The molecule has 94 valence electrons. The first-order valence-corrected chi connectivity index (χ1v) is 7.97. The second-order valence-electron chi connectivity index (χ2n) is 4.15. The topological polar surface area (TPSA) is 66.8 Å². The minimum atomic E-state index is -2.95. The molecule has 7 heteroatoms. The van der Waals surface area contributed by atoms with Gasteiger partial charge in [0, 0.05) is 18.7 Å². The van der Waals surface area contributed by atoms with Crippen molar-refractivity contribution in [3.05, 3.63) is 12.7 Å². The SMILES string of the molecule is C=CCN1C(=NC(C)=O)SC2CS(=O)(=O)CC21. The first-order chi connectivity index (χ1) is 7.93. The van der Waals surface area contributed by atoms with E-state index in [0.29, 0.717) is 11.7 Å². The van der Waals surface area contributed by atoms with Gasteiger partial charge in [0.1, 0.15) is 0 Å². The Bertz CT molecular complexity index is 484. The molecule has 1 amide bonds. The van der Waals surface area contributed by atoms with Gasteiger partial charge in [0.05, 0.1) is 17.5 Å². The number of hydrogen-bond acceptors (Lipinski definition) is 4. The minimum absolute atomic E-state index is 0.00181. The number of carbonyl (C=O) groups is 1. The molecule has 2 rings (SSSR count). The predicted molar refractivity (Wildman–Crippen MR) is 68.8 cm³/mol. The monoisotopic (exact) mass is 274 g/mol. The molecular weight excluding hydrogens is 260 g/mol. The third-order valence-corrected chi connectivity index (χ3v) is 6.00. The molecule has 0 aromatic carbocycles. The molecule has 0 bridgehead atoms. The van der Waals surface area contributed by atoms with Gasteiger partial charge in [-0.15, -0.1) is 6.58 Å². The summed E-state index contributed by atoms with van der Waals surface area (Å²) in [6.45, 7) is 5.56. The van der Waals surface area contributed by atoms with E-state index in [4.69, 9.17) is 0 Å². The lowest BCUT2D eigenvalue weighted by molar-refractivity contribution is -0.115. The second-order valence-corrected chi connectivity index (χ2v) is 7.52. The fraction of sp³-hybridized carbons (Fsp3) is 0.600.